The minimum atomic E-state index is 0.00297. The van der Waals surface area contributed by atoms with Crippen LogP contribution in [0.4, 0.5) is 0 Å². The zero-order valence-corrected chi connectivity index (χ0v) is 12.7. The third-order valence-corrected chi connectivity index (χ3v) is 3.42. The van der Waals surface area contributed by atoms with Gasteiger partial charge in [0, 0.05) is 13.6 Å². The number of benzene rings is 1. The van der Waals surface area contributed by atoms with Crippen LogP contribution in [0, 0.1) is 32.1 Å². The Morgan fingerprint density at radius 3 is 2.60 bits per heavy atom. The largest absolute Gasteiger partial charge is 0.492 e. The van der Waals surface area contributed by atoms with Crippen LogP contribution >= 0.6 is 0 Å². The first-order chi connectivity index (χ1) is 9.47. The van der Waals surface area contributed by atoms with E-state index >= 15 is 0 Å². The van der Waals surface area contributed by atoms with Crippen LogP contribution in [0.25, 0.3) is 0 Å². The number of amides is 1. The molecule has 0 heterocycles. The fourth-order valence-corrected chi connectivity index (χ4v) is 1.92. The van der Waals surface area contributed by atoms with Gasteiger partial charge in [0.2, 0.25) is 5.91 Å². The first-order valence-corrected chi connectivity index (χ1v) is 6.78. The van der Waals surface area contributed by atoms with Gasteiger partial charge in [-0.2, -0.15) is 5.26 Å². The molecule has 1 aromatic rings. The first-order valence-electron chi connectivity index (χ1n) is 6.78. The standard InChI is InChI=1S/C16H22N2O2/c1-12-6-7-13(2)16(14(12)3)20-11-8-15(19)18(4)10-5-9-17/h6-7H,5,8,10-11H2,1-4H3. The molecule has 0 unspecified atom stereocenters. The quantitative estimate of drug-likeness (QED) is 0.801. The molecule has 0 spiro atoms. The van der Waals surface area contributed by atoms with E-state index in [0.29, 0.717) is 26.0 Å². The van der Waals surface area contributed by atoms with E-state index in [0.717, 1.165) is 16.9 Å². The highest BCUT2D eigenvalue weighted by Crippen LogP contribution is 2.25. The maximum Gasteiger partial charge on any atom is 0.225 e. The molecule has 1 rings (SSSR count). The van der Waals surface area contributed by atoms with Gasteiger partial charge < -0.3 is 9.64 Å². The normalized spacial score (nSPS) is 9.95. The highest BCUT2D eigenvalue weighted by Gasteiger charge is 2.10. The summed E-state index contributed by atoms with van der Waals surface area (Å²) >= 11 is 0. The molecule has 0 aliphatic heterocycles. The maximum absolute atomic E-state index is 11.8. The lowest BCUT2D eigenvalue weighted by atomic mass is 10.1. The SMILES string of the molecule is Cc1ccc(C)c(OCCC(=O)N(C)CCC#N)c1C. The fourth-order valence-electron chi connectivity index (χ4n) is 1.92. The van der Waals surface area contributed by atoms with Gasteiger partial charge in [0.05, 0.1) is 25.5 Å². The summed E-state index contributed by atoms with van der Waals surface area (Å²) in [7, 11) is 1.71. The first kappa shape index (κ1) is 16.0. The summed E-state index contributed by atoms with van der Waals surface area (Å²) in [4.78, 5) is 13.4. The molecule has 0 fully saturated rings. The van der Waals surface area contributed by atoms with Gasteiger partial charge in [-0.05, 0) is 37.5 Å². The van der Waals surface area contributed by atoms with Crippen LogP contribution in [-0.4, -0.2) is 31.0 Å². The van der Waals surface area contributed by atoms with Crippen molar-refractivity contribution in [3.8, 4) is 11.8 Å². The Balaban J connectivity index is 2.51. The van der Waals surface area contributed by atoms with Crippen molar-refractivity contribution in [1.29, 1.82) is 5.26 Å². The highest BCUT2D eigenvalue weighted by molar-refractivity contribution is 5.76. The zero-order chi connectivity index (χ0) is 15.1. The summed E-state index contributed by atoms with van der Waals surface area (Å²) in [6.07, 6.45) is 0.688. The number of nitriles is 1. The molecule has 0 atom stereocenters. The summed E-state index contributed by atoms with van der Waals surface area (Å²) in [6.45, 7) is 6.91. The number of ether oxygens (including phenoxy) is 1. The van der Waals surface area contributed by atoms with E-state index < -0.39 is 0 Å². The summed E-state index contributed by atoms with van der Waals surface area (Å²) in [6, 6.07) is 6.13. The average Bonchev–Trinajstić information content (AvgIpc) is 2.43. The van der Waals surface area contributed by atoms with E-state index in [1.54, 1.807) is 11.9 Å². The van der Waals surface area contributed by atoms with Crippen LogP contribution < -0.4 is 4.74 Å². The van der Waals surface area contributed by atoms with Crippen molar-refractivity contribution in [2.75, 3.05) is 20.2 Å². The van der Waals surface area contributed by atoms with E-state index in [-0.39, 0.29) is 5.91 Å². The monoisotopic (exact) mass is 274 g/mol. The molecule has 1 aromatic carbocycles. The lowest BCUT2D eigenvalue weighted by Gasteiger charge is -2.17. The minimum Gasteiger partial charge on any atom is -0.492 e. The second-order valence-electron chi connectivity index (χ2n) is 4.98. The highest BCUT2D eigenvalue weighted by atomic mass is 16.5. The molecule has 0 aliphatic rings. The van der Waals surface area contributed by atoms with Gasteiger partial charge in [-0.15, -0.1) is 0 Å². The number of aryl methyl sites for hydroxylation is 2. The average molecular weight is 274 g/mol. The number of carbonyl (C=O) groups is 1. The number of hydrogen-bond donors (Lipinski definition) is 0. The molecule has 0 aliphatic carbocycles. The van der Waals surface area contributed by atoms with Gasteiger partial charge >= 0.3 is 0 Å². The summed E-state index contributed by atoms with van der Waals surface area (Å²) in [5, 5.41) is 8.50. The smallest absolute Gasteiger partial charge is 0.225 e. The molecule has 0 radical (unpaired) electrons. The molecule has 4 heteroatoms. The summed E-state index contributed by atoms with van der Waals surface area (Å²) < 4.78 is 5.76. The Bertz CT molecular complexity index is 518. The zero-order valence-electron chi connectivity index (χ0n) is 12.7. The molecule has 4 nitrogen and oxygen atoms in total. The van der Waals surface area contributed by atoms with Crippen LogP contribution in [0.2, 0.25) is 0 Å². The maximum atomic E-state index is 11.8. The number of rotatable bonds is 6. The number of carbonyl (C=O) groups excluding carboxylic acids is 1. The second-order valence-corrected chi connectivity index (χ2v) is 4.98. The van der Waals surface area contributed by atoms with Crippen molar-refractivity contribution in [3.05, 3.63) is 28.8 Å². The van der Waals surface area contributed by atoms with Crippen LogP contribution in [-0.2, 0) is 4.79 Å². The summed E-state index contributed by atoms with van der Waals surface area (Å²) in [5.74, 6) is 0.876. The van der Waals surface area contributed by atoms with Crippen LogP contribution in [0.15, 0.2) is 12.1 Å². The van der Waals surface area contributed by atoms with Gasteiger partial charge in [-0.3, -0.25) is 4.79 Å². The van der Waals surface area contributed by atoms with Gasteiger partial charge in [0.25, 0.3) is 0 Å². The third kappa shape index (κ3) is 4.27. The fraction of sp³-hybridized carbons (Fsp3) is 0.500. The van der Waals surface area contributed by atoms with Crippen molar-refractivity contribution in [2.24, 2.45) is 0 Å². The van der Waals surface area contributed by atoms with E-state index in [1.807, 2.05) is 32.9 Å². The molecular formula is C16H22N2O2. The predicted molar refractivity (Wildman–Crippen MR) is 78.6 cm³/mol. The second kappa shape index (κ2) is 7.54. The van der Waals surface area contributed by atoms with Gasteiger partial charge in [-0.1, -0.05) is 12.1 Å². The Morgan fingerprint density at radius 2 is 1.95 bits per heavy atom. The van der Waals surface area contributed by atoms with Gasteiger partial charge in [0.15, 0.2) is 0 Å². The summed E-state index contributed by atoms with van der Waals surface area (Å²) in [5.41, 5.74) is 3.39. The van der Waals surface area contributed by atoms with Crippen molar-refractivity contribution in [3.63, 3.8) is 0 Å². The predicted octanol–water partition coefficient (Wildman–Crippen LogP) is 2.75. The van der Waals surface area contributed by atoms with E-state index in [2.05, 4.69) is 6.07 Å². The Kier molecular flexibility index (Phi) is 6.05. The van der Waals surface area contributed by atoms with E-state index in [1.165, 1.54) is 5.56 Å². The van der Waals surface area contributed by atoms with Crippen molar-refractivity contribution in [2.45, 2.75) is 33.6 Å². The molecule has 20 heavy (non-hydrogen) atoms. The number of hydrogen-bond acceptors (Lipinski definition) is 3. The molecule has 0 bridgehead atoms. The Hall–Kier alpha value is -2.02. The molecular weight excluding hydrogens is 252 g/mol. The van der Waals surface area contributed by atoms with Crippen LogP contribution in [0.5, 0.6) is 5.75 Å². The van der Waals surface area contributed by atoms with Crippen molar-refractivity contribution >= 4 is 5.91 Å². The van der Waals surface area contributed by atoms with Gasteiger partial charge in [-0.25, -0.2) is 0 Å². The number of nitrogens with zero attached hydrogens (tertiary/aromatic N) is 2. The third-order valence-electron chi connectivity index (χ3n) is 3.42. The lowest BCUT2D eigenvalue weighted by Crippen LogP contribution is -2.28. The van der Waals surface area contributed by atoms with Crippen molar-refractivity contribution < 1.29 is 9.53 Å². The molecule has 0 saturated carbocycles. The molecule has 0 N–H and O–H groups in total. The molecule has 0 aromatic heterocycles. The van der Waals surface area contributed by atoms with Crippen LogP contribution in [0.1, 0.15) is 29.5 Å². The Morgan fingerprint density at radius 1 is 1.30 bits per heavy atom. The molecule has 108 valence electrons. The van der Waals surface area contributed by atoms with Crippen LogP contribution in [0.3, 0.4) is 0 Å². The minimum absolute atomic E-state index is 0.00297. The molecule has 1 amide bonds. The Labute approximate surface area is 121 Å². The molecule has 0 saturated heterocycles. The van der Waals surface area contributed by atoms with E-state index in [4.69, 9.17) is 10.00 Å². The van der Waals surface area contributed by atoms with E-state index in [9.17, 15) is 4.79 Å². The van der Waals surface area contributed by atoms with Gasteiger partial charge in [0.1, 0.15) is 5.75 Å². The van der Waals surface area contributed by atoms with Crippen molar-refractivity contribution in [1.82, 2.24) is 4.90 Å². The topological polar surface area (TPSA) is 53.3 Å². The lowest BCUT2D eigenvalue weighted by molar-refractivity contribution is -0.130.